The van der Waals surface area contributed by atoms with E-state index in [1.807, 2.05) is 43.3 Å². The average Bonchev–Trinajstić information content (AvgIpc) is 3.23. The second-order valence-electron chi connectivity index (χ2n) is 6.81. The van der Waals surface area contributed by atoms with E-state index in [2.05, 4.69) is 15.6 Å². The Morgan fingerprint density at radius 2 is 1.68 bits per heavy atom. The Hall–Kier alpha value is -3.52. The van der Waals surface area contributed by atoms with Gasteiger partial charge in [0.2, 0.25) is 11.8 Å². The first-order valence-corrected chi connectivity index (χ1v) is 10.8. The summed E-state index contributed by atoms with van der Waals surface area (Å²) in [7, 11) is 0. The van der Waals surface area contributed by atoms with Crippen LogP contribution in [0.4, 0.5) is 5.13 Å². The zero-order valence-corrected chi connectivity index (χ0v) is 18.0. The third-order valence-electron chi connectivity index (χ3n) is 4.54. The fourth-order valence-electron chi connectivity index (χ4n) is 2.90. The van der Waals surface area contributed by atoms with Gasteiger partial charge in [-0.3, -0.25) is 19.7 Å². The lowest BCUT2D eigenvalue weighted by Crippen LogP contribution is -2.40. The highest BCUT2D eigenvalue weighted by Gasteiger charge is 2.15. The van der Waals surface area contributed by atoms with Gasteiger partial charge in [-0.25, -0.2) is 4.98 Å². The van der Waals surface area contributed by atoms with Crippen LogP contribution in [0.2, 0.25) is 0 Å². The quantitative estimate of drug-likeness (QED) is 0.539. The molecule has 8 heteroatoms. The number of rotatable bonds is 9. The van der Waals surface area contributed by atoms with Crippen molar-refractivity contribution >= 4 is 34.2 Å². The molecule has 0 radical (unpaired) electrons. The van der Waals surface area contributed by atoms with Crippen LogP contribution < -0.4 is 10.6 Å². The number of amides is 3. The predicted molar refractivity (Wildman–Crippen MR) is 121 cm³/mol. The van der Waals surface area contributed by atoms with Gasteiger partial charge in [0.1, 0.15) is 0 Å². The van der Waals surface area contributed by atoms with Gasteiger partial charge in [0.05, 0.1) is 18.7 Å². The Morgan fingerprint density at radius 1 is 1.00 bits per heavy atom. The van der Waals surface area contributed by atoms with Crippen molar-refractivity contribution in [3.05, 3.63) is 82.9 Å². The van der Waals surface area contributed by atoms with Crippen LogP contribution in [0.15, 0.2) is 66.0 Å². The maximum atomic E-state index is 12.4. The van der Waals surface area contributed by atoms with Crippen molar-refractivity contribution in [1.82, 2.24) is 15.2 Å². The maximum absolute atomic E-state index is 12.4. The lowest BCUT2D eigenvalue weighted by molar-refractivity contribution is -0.133. The molecule has 0 fully saturated rings. The van der Waals surface area contributed by atoms with Gasteiger partial charge in [-0.2, -0.15) is 0 Å². The number of anilines is 1. The van der Waals surface area contributed by atoms with E-state index in [1.165, 1.54) is 11.3 Å². The van der Waals surface area contributed by atoms with E-state index < -0.39 is 0 Å². The number of carbonyl (C=O) groups excluding carboxylic acids is 3. The molecule has 3 aromatic rings. The molecule has 1 aromatic heterocycles. The van der Waals surface area contributed by atoms with E-state index in [0.717, 1.165) is 5.56 Å². The molecular weight excluding hydrogens is 412 g/mol. The average molecular weight is 437 g/mol. The Bertz CT molecular complexity index is 1020. The Kier molecular flexibility index (Phi) is 7.89. The number of nitrogens with one attached hydrogen (secondary N) is 2. The number of aromatic nitrogens is 1. The number of hydrogen-bond donors (Lipinski definition) is 2. The van der Waals surface area contributed by atoms with Crippen LogP contribution in [0.5, 0.6) is 0 Å². The topological polar surface area (TPSA) is 91.4 Å². The molecular formula is C23H24N4O3S. The zero-order chi connectivity index (χ0) is 22.1. The summed E-state index contributed by atoms with van der Waals surface area (Å²) in [5.41, 5.74) is 2.11. The first kappa shape index (κ1) is 22.2. The van der Waals surface area contributed by atoms with E-state index in [0.29, 0.717) is 29.5 Å². The van der Waals surface area contributed by atoms with Crippen molar-refractivity contribution in [3.8, 4) is 0 Å². The van der Waals surface area contributed by atoms with Gasteiger partial charge in [0.25, 0.3) is 5.91 Å². The standard InChI is InChI=1S/C23H24N4O3S/c1-2-27(15-17-9-5-3-6-10-17)21(29)14-24-20(28)13-19-16-31-23(25-19)26-22(30)18-11-7-4-8-12-18/h3-12,16H,2,13-15H2,1H3,(H,24,28)(H,25,26,30). The summed E-state index contributed by atoms with van der Waals surface area (Å²) >= 11 is 1.25. The molecule has 0 saturated carbocycles. The normalized spacial score (nSPS) is 10.4. The van der Waals surface area contributed by atoms with E-state index in [1.54, 1.807) is 34.5 Å². The molecule has 0 aliphatic heterocycles. The molecule has 2 N–H and O–H groups in total. The van der Waals surface area contributed by atoms with Gasteiger partial charge in [-0.1, -0.05) is 48.5 Å². The molecule has 31 heavy (non-hydrogen) atoms. The zero-order valence-electron chi connectivity index (χ0n) is 17.2. The summed E-state index contributed by atoms with van der Waals surface area (Å²) in [5, 5.41) is 7.52. The van der Waals surface area contributed by atoms with Crippen LogP contribution in [0.3, 0.4) is 0 Å². The second-order valence-corrected chi connectivity index (χ2v) is 7.67. The number of benzene rings is 2. The SMILES string of the molecule is CCN(Cc1ccccc1)C(=O)CNC(=O)Cc1csc(NC(=O)c2ccccc2)n1. The van der Waals surface area contributed by atoms with Crippen molar-refractivity contribution in [2.45, 2.75) is 19.9 Å². The molecule has 0 aliphatic carbocycles. The van der Waals surface area contributed by atoms with Gasteiger partial charge in [-0.05, 0) is 24.6 Å². The van der Waals surface area contributed by atoms with Gasteiger partial charge in [0, 0.05) is 24.0 Å². The number of likely N-dealkylation sites (N-methyl/N-ethyl adjacent to an activating group) is 1. The smallest absolute Gasteiger partial charge is 0.257 e. The molecule has 160 valence electrons. The van der Waals surface area contributed by atoms with Crippen molar-refractivity contribution in [2.24, 2.45) is 0 Å². The molecule has 0 bridgehead atoms. The number of carbonyl (C=O) groups is 3. The van der Waals surface area contributed by atoms with Crippen LogP contribution in [0.1, 0.15) is 28.5 Å². The molecule has 0 aliphatic rings. The Balaban J connectivity index is 1.46. The van der Waals surface area contributed by atoms with Crippen molar-refractivity contribution < 1.29 is 14.4 Å². The van der Waals surface area contributed by atoms with Gasteiger partial charge in [-0.15, -0.1) is 11.3 Å². The first-order valence-electron chi connectivity index (χ1n) is 9.94. The summed E-state index contributed by atoms with van der Waals surface area (Å²) in [6.07, 6.45) is 0.0375. The summed E-state index contributed by atoms with van der Waals surface area (Å²) in [6, 6.07) is 18.6. The highest BCUT2D eigenvalue weighted by atomic mass is 32.1. The third-order valence-corrected chi connectivity index (χ3v) is 5.34. The molecule has 7 nitrogen and oxygen atoms in total. The molecule has 2 aromatic carbocycles. The fourth-order valence-corrected chi connectivity index (χ4v) is 3.60. The van der Waals surface area contributed by atoms with Gasteiger partial charge < -0.3 is 10.2 Å². The van der Waals surface area contributed by atoms with E-state index in [9.17, 15) is 14.4 Å². The van der Waals surface area contributed by atoms with E-state index in [4.69, 9.17) is 0 Å². The molecule has 3 rings (SSSR count). The highest BCUT2D eigenvalue weighted by Crippen LogP contribution is 2.17. The number of nitrogens with zero attached hydrogens (tertiary/aromatic N) is 2. The van der Waals surface area contributed by atoms with Crippen LogP contribution in [0, 0.1) is 0 Å². The third kappa shape index (κ3) is 6.75. The fraction of sp³-hybridized carbons (Fsp3) is 0.217. The molecule has 1 heterocycles. The molecule has 0 spiro atoms. The minimum absolute atomic E-state index is 0.0375. The van der Waals surface area contributed by atoms with Gasteiger partial charge >= 0.3 is 0 Å². The summed E-state index contributed by atoms with van der Waals surface area (Å²) in [5.74, 6) is -0.696. The highest BCUT2D eigenvalue weighted by molar-refractivity contribution is 7.14. The molecule has 0 saturated heterocycles. The predicted octanol–water partition coefficient (Wildman–Crippen LogP) is 3.10. The second kappa shape index (κ2) is 11.0. The number of thiazole rings is 1. The molecule has 0 unspecified atom stereocenters. The first-order chi connectivity index (χ1) is 15.0. The van der Waals surface area contributed by atoms with Crippen molar-refractivity contribution in [3.63, 3.8) is 0 Å². The summed E-state index contributed by atoms with van der Waals surface area (Å²) in [4.78, 5) is 42.8. The van der Waals surface area contributed by atoms with E-state index in [-0.39, 0.29) is 30.7 Å². The molecule has 0 atom stereocenters. The largest absolute Gasteiger partial charge is 0.347 e. The van der Waals surface area contributed by atoms with Crippen LogP contribution >= 0.6 is 11.3 Å². The van der Waals surface area contributed by atoms with Crippen LogP contribution in [-0.4, -0.2) is 40.7 Å². The Labute approximate surface area is 185 Å². The van der Waals surface area contributed by atoms with Crippen molar-refractivity contribution in [2.75, 3.05) is 18.4 Å². The lowest BCUT2D eigenvalue weighted by atomic mass is 10.2. The monoisotopic (exact) mass is 436 g/mol. The minimum atomic E-state index is -0.296. The summed E-state index contributed by atoms with van der Waals surface area (Å²) < 4.78 is 0. The van der Waals surface area contributed by atoms with Crippen LogP contribution in [-0.2, 0) is 22.6 Å². The minimum Gasteiger partial charge on any atom is -0.347 e. The summed E-state index contributed by atoms with van der Waals surface area (Å²) in [6.45, 7) is 2.90. The van der Waals surface area contributed by atoms with E-state index >= 15 is 0 Å². The van der Waals surface area contributed by atoms with Crippen molar-refractivity contribution in [1.29, 1.82) is 0 Å². The lowest BCUT2D eigenvalue weighted by Gasteiger charge is -2.21. The maximum Gasteiger partial charge on any atom is 0.257 e. The Morgan fingerprint density at radius 3 is 2.35 bits per heavy atom. The van der Waals surface area contributed by atoms with Gasteiger partial charge in [0.15, 0.2) is 5.13 Å². The van der Waals surface area contributed by atoms with Crippen LogP contribution in [0.25, 0.3) is 0 Å². The molecule has 3 amide bonds. The number of hydrogen-bond acceptors (Lipinski definition) is 5.